The first-order valence-electron chi connectivity index (χ1n) is 2.71. The van der Waals surface area contributed by atoms with Crippen LogP contribution in [-0.4, -0.2) is 16.8 Å². The van der Waals surface area contributed by atoms with Crippen LogP contribution in [0.25, 0.3) is 0 Å². The zero-order chi connectivity index (χ0) is 6.85. The average Bonchev–Trinajstić information content (AvgIpc) is 2.10. The van der Waals surface area contributed by atoms with Crippen molar-refractivity contribution in [2.24, 2.45) is 7.05 Å². The van der Waals surface area contributed by atoms with E-state index in [9.17, 15) is 0 Å². The van der Waals surface area contributed by atoms with Gasteiger partial charge in [-0.3, -0.25) is 4.68 Å². The largest absolute Gasteiger partial charge is 0.382 e. The maximum Gasteiger partial charge on any atom is 0.147 e. The predicted molar refractivity (Wildman–Crippen MR) is 37.2 cm³/mol. The molecule has 1 aromatic rings. The van der Waals surface area contributed by atoms with E-state index < -0.39 is 0 Å². The number of aromatic nitrogens is 2. The predicted octanol–water partition coefficient (Wildman–Crippen LogP) is 0.0440. The highest BCUT2D eigenvalue weighted by Crippen LogP contribution is 2.07. The molecule has 0 aliphatic heterocycles. The molecule has 4 heteroatoms. The van der Waals surface area contributed by atoms with Crippen molar-refractivity contribution in [3.63, 3.8) is 0 Å². The van der Waals surface area contributed by atoms with Gasteiger partial charge in [0.1, 0.15) is 11.6 Å². The molecule has 0 aliphatic rings. The first kappa shape index (κ1) is 5.94. The van der Waals surface area contributed by atoms with E-state index in [1.165, 1.54) is 0 Å². The topological polar surface area (TPSA) is 55.9 Å². The fourth-order valence-corrected chi connectivity index (χ4v) is 0.723. The van der Waals surface area contributed by atoms with Crippen LogP contribution in [0.15, 0.2) is 6.07 Å². The Morgan fingerprint density at radius 3 is 2.67 bits per heavy atom. The minimum Gasteiger partial charge on any atom is -0.382 e. The molecule has 0 amide bonds. The van der Waals surface area contributed by atoms with E-state index >= 15 is 0 Å². The summed E-state index contributed by atoms with van der Waals surface area (Å²) in [5, 5.41) is 6.85. The van der Waals surface area contributed by atoms with Crippen LogP contribution in [0.3, 0.4) is 0 Å². The van der Waals surface area contributed by atoms with Crippen molar-refractivity contribution < 1.29 is 0 Å². The summed E-state index contributed by atoms with van der Waals surface area (Å²) in [6.45, 7) is 0. The van der Waals surface area contributed by atoms with E-state index in [4.69, 9.17) is 5.73 Å². The standard InChI is InChI=1S/C5H10N4/c1-7-5-3-4(6)8-9(5)2/h3,7H,1-2H3,(H2,6,8). The molecule has 1 heterocycles. The molecule has 9 heavy (non-hydrogen) atoms. The average molecular weight is 126 g/mol. The van der Waals surface area contributed by atoms with E-state index in [-0.39, 0.29) is 0 Å². The van der Waals surface area contributed by atoms with Gasteiger partial charge in [-0.15, -0.1) is 0 Å². The van der Waals surface area contributed by atoms with E-state index in [0.29, 0.717) is 5.82 Å². The number of nitrogens with one attached hydrogen (secondary N) is 1. The number of hydrogen-bond acceptors (Lipinski definition) is 3. The van der Waals surface area contributed by atoms with Gasteiger partial charge in [0.05, 0.1) is 0 Å². The first-order chi connectivity index (χ1) is 4.24. The van der Waals surface area contributed by atoms with Crippen LogP contribution in [0.4, 0.5) is 11.6 Å². The van der Waals surface area contributed by atoms with E-state index in [0.717, 1.165) is 5.82 Å². The van der Waals surface area contributed by atoms with Gasteiger partial charge in [0.25, 0.3) is 0 Å². The number of aryl methyl sites for hydroxylation is 1. The highest BCUT2D eigenvalue weighted by molar-refractivity contribution is 5.44. The van der Waals surface area contributed by atoms with Crippen LogP contribution < -0.4 is 11.1 Å². The maximum absolute atomic E-state index is 5.38. The van der Waals surface area contributed by atoms with Gasteiger partial charge in [-0.05, 0) is 0 Å². The molecule has 0 fully saturated rings. The van der Waals surface area contributed by atoms with E-state index in [1.54, 1.807) is 10.7 Å². The minimum absolute atomic E-state index is 0.543. The second-order valence-corrected chi connectivity index (χ2v) is 1.83. The monoisotopic (exact) mass is 126 g/mol. The van der Waals surface area contributed by atoms with Crippen molar-refractivity contribution in [2.75, 3.05) is 18.1 Å². The lowest BCUT2D eigenvalue weighted by Gasteiger charge is -1.95. The summed E-state index contributed by atoms with van der Waals surface area (Å²) in [5.74, 6) is 1.47. The molecule has 0 bridgehead atoms. The summed E-state index contributed by atoms with van der Waals surface area (Å²) in [5.41, 5.74) is 5.38. The van der Waals surface area contributed by atoms with E-state index in [1.807, 2.05) is 14.1 Å². The van der Waals surface area contributed by atoms with Crippen molar-refractivity contribution >= 4 is 11.6 Å². The first-order valence-corrected chi connectivity index (χ1v) is 2.71. The van der Waals surface area contributed by atoms with Crippen LogP contribution in [0.2, 0.25) is 0 Å². The van der Waals surface area contributed by atoms with Gasteiger partial charge in [-0.2, -0.15) is 5.10 Å². The Balaban J connectivity index is 3.01. The third-order valence-corrected chi connectivity index (χ3v) is 1.15. The Kier molecular flexibility index (Phi) is 1.30. The summed E-state index contributed by atoms with van der Waals surface area (Å²) < 4.78 is 1.69. The molecule has 50 valence electrons. The van der Waals surface area contributed by atoms with Crippen molar-refractivity contribution in [3.05, 3.63) is 6.07 Å². The lowest BCUT2D eigenvalue weighted by Crippen LogP contribution is -1.97. The van der Waals surface area contributed by atoms with Crippen LogP contribution in [-0.2, 0) is 7.05 Å². The van der Waals surface area contributed by atoms with Gasteiger partial charge in [0.15, 0.2) is 0 Å². The summed E-state index contributed by atoms with van der Waals surface area (Å²) >= 11 is 0. The lowest BCUT2D eigenvalue weighted by molar-refractivity contribution is 0.779. The molecule has 0 saturated heterocycles. The van der Waals surface area contributed by atoms with Crippen molar-refractivity contribution in [1.82, 2.24) is 9.78 Å². The molecule has 1 rings (SSSR count). The normalized spacial score (nSPS) is 9.56. The SMILES string of the molecule is CNc1cc(N)nn1C. The van der Waals surface area contributed by atoms with Gasteiger partial charge >= 0.3 is 0 Å². The number of rotatable bonds is 1. The molecule has 4 nitrogen and oxygen atoms in total. The molecule has 1 aromatic heterocycles. The van der Waals surface area contributed by atoms with E-state index in [2.05, 4.69) is 10.4 Å². The third kappa shape index (κ3) is 0.960. The highest BCUT2D eigenvalue weighted by atomic mass is 15.3. The quantitative estimate of drug-likeness (QED) is 0.558. The number of nitrogens with zero attached hydrogens (tertiary/aromatic N) is 2. The Hall–Kier alpha value is -1.19. The van der Waals surface area contributed by atoms with Crippen LogP contribution in [0, 0.1) is 0 Å². The van der Waals surface area contributed by atoms with Crippen molar-refractivity contribution in [3.8, 4) is 0 Å². The van der Waals surface area contributed by atoms with Gasteiger partial charge in [0, 0.05) is 20.2 Å². The molecular formula is C5H10N4. The van der Waals surface area contributed by atoms with Crippen molar-refractivity contribution in [2.45, 2.75) is 0 Å². The molecule has 3 N–H and O–H groups in total. The summed E-state index contributed by atoms with van der Waals surface area (Å²) in [7, 11) is 3.67. The van der Waals surface area contributed by atoms with Gasteiger partial charge in [0.2, 0.25) is 0 Å². The second kappa shape index (κ2) is 1.97. The Bertz CT molecular complexity index is 203. The Labute approximate surface area is 53.7 Å². The molecule has 0 atom stereocenters. The van der Waals surface area contributed by atoms with Crippen LogP contribution >= 0.6 is 0 Å². The lowest BCUT2D eigenvalue weighted by atomic mass is 10.6. The fourth-order valence-electron chi connectivity index (χ4n) is 0.723. The number of nitrogens with two attached hydrogens (primary N) is 1. The van der Waals surface area contributed by atoms with Gasteiger partial charge < -0.3 is 11.1 Å². The molecular weight excluding hydrogens is 116 g/mol. The molecule has 0 spiro atoms. The molecule has 0 saturated carbocycles. The Morgan fingerprint density at radius 1 is 1.78 bits per heavy atom. The maximum atomic E-state index is 5.38. The molecule has 0 unspecified atom stereocenters. The van der Waals surface area contributed by atoms with Crippen molar-refractivity contribution in [1.29, 1.82) is 0 Å². The van der Waals surface area contributed by atoms with Crippen LogP contribution in [0.5, 0.6) is 0 Å². The van der Waals surface area contributed by atoms with Gasteiger partial charge in [-0.1, -0.05) is 0 Å². The molecule has 0 aromatic carbocycles. The third-order valence-electron chi connectivity index (χ3n) is 1.15. The summed E-state index contributed by atoms with van der Waals surface area (Å²) in [4.78, 5) is 0. The smallest absolute Gasteiger partial charge is 0.147 e. The highest BCUT2D eigenvalue weighted by Gasteiger charge is 1.96. The minimum atomic E-state index is 0.543. The van der Waals surface area contributed by atoms with Gasteiger partial charge in [-0.25, -0.2) is 0 Å². The number of hydrogen-bond donors (Lipinski definition) is 2. The Morgan fingerprint density at radius 2 is 2.44 bits per heavy atom. The zero-order valence-corrected chi connectivity index (χ0v) is 5.55. The number of anilines is 2. The molecule has 0 radical (unpaired) electrons. The second-order valence-electron chi connectivity index (χ2n) is 1.83. The number of nitrogen functional groups attached to an aromatic ring is 1. The summed E-state index contributed by atoms with van der Waals surface area (Å²) in [6.07, 6.45) is 0. The summed E-state index contributed by atoms with van der Waals surface area (Å²) in [6, 6.07) is 1.78. The fraction of sp³-hybridized carbons (Fsp3) is 0.400. The molecule has 0 aliphatic carbocycles. The van der Waals surface area contributed by atoms with Crippen LogP contribution in [0.1, 0.15) is 0 Å². The zero-order valence-electron chi connectivity index (χ0n) is 5.55.